The first-order valence-corrected chi connectivity index (χ1v) is 12.3. The Morgan fingerprint density at radius 1 is 1.13 bits per heavy atom. The molecule has 2 bridgehead atoms. The highest BCUT2D eigenvalue weighted by Gasteiger charge is 2.37. The second kappa shape index (κ2) is 9.08. The first-order valence-electron chi connectivity index (χ1n) is 10.7. The number of benzene rings is 1. The van der Waals surface area contributed by atoms with Gasteiger partial charge in [-0.25, -0.2) is 13.1 Å². The maximum absolute atomic E-state index is 13.1. The van der Waals surface area contributed by atoms with Gasteiger partial charge in [0.05, 0.1) is 18.8 Å². The van der Waals surface area contributed by atoms with Gasteiger partial charge in [-0.1, -0.05) is 24.8 Å². The number of hydrogen-bond acceptors (Lipinski definition) is 5. The molecule has 3 aliphatic heterocycles. The van der Waals surface area contributed by atoms with Gasteiger partial charge < -0.3 is 14.4 Å². The second-order valence-corrected chi connectivity index (χ2v) is 10.0. The average molecular weight is 435 g/mol. The Morgan fingerprint density at radius 2 is 1.90 bits per heavy atom. The molecule has 0 spiro atoms. The molecule has 164 valence electrons. The molecule has 1 amide bonds. The van der Waals surface area contributed by atoms with E-state index in [2.05, 4.69) is 17.4 Å². The third kappa shape index (κ3) is 4.71. The molecule has 30 heavy (non-hydrogen) atoms. The van der Waals surface area contributed by atoms with Gasteiger partial charge in [0.25, 0.3) is 5.91 Å². The number of carbonyl (C=O) groups is 1. The summed E-state index contributed by atoms with van der Waals surface area (Å²) in [5.41, 5.74) is 1.16. The highest BCUT2D eigenvalue weighted by atomic mass is 32.2. The highest BCUT2D eigenvalue weighted by molar-refractivity contribution is 7.92. The highest BCUT2D eigenvalue weighted by Crippen LogP contribution is 2.38. The predicted octanol–water partition coefficient (Wildman–Crippen LogP) is 2.54. The van der Waals surface area contributed by atoms with Gasteiger partial charge in [-0.15, -0.1) is 0 Å². The van der Waals surface area contributed by atoms with Crippen molar-refractivity contribution >= 4 is 15.9 Å². The topological polar surface area (TPSA) is 84.9 Å². The third-order valence-corrected chi connectivity index (χ3v) is 7.59. The van der Waals surface area contributed by atoms with Crippen LogP contribution in [0.1, 0.15) is 50.0 Å². The molecule has 0 unspecified atom stereocenters. The number of amides is 1. The molecule has 2 fully saturated rings. The van der Waals surface area contributed by atoms with Crippen LogP contribution in [0.5, 0.6) is 5.75 Å². The van der Waals surface area contributed by atoms with Gasteiger partial charge in [0, 0.05) is 18.0 Å². The minimum absolute atomic E-state index is 0.0649. The maximum Gasteiger partial charge on any atom is 0.260 e. The number of carbonyl (C=O) groups excluding carboxylic acids is 1. The Kier molecular flexibility index (Phi) is 6.46. The first kappa shape index (κ1) is 21.3. The fraction of sp³-hybridized carbons (Fsp3) is 0.591. The predicted molar refractivity (Wildman–Crippen MR) is 114 cm³/mol. The molecule has 8 heteroatoms. The van der Waals surface area contributed by atoms with E-state index in [-0.39, 0.29) is 24.7 Å². The average Bonchev–Trinajstić information content (AvgIpc) is 2.78. The third-order valence-electron chi connectivity index (χ3n) is 6.52. The van der Waals surface area contributed by atoms with Crippen LogP contribution in [0.15, 0.2) is 36.3 Å². The molecule has 7 nitrogen and oxygen atoms in total. The summed E-state index contributed by atoms with van der Waals surface area (Å²) in [4.78, 5) is 14.8. The molecular weight excluding hydrogens is 404 g/mol. The molecule has 2 atom stereocenters. The van der Waals surface area contributed by atoms with E-state index in [1.807, 2.05) is 18.2 Å². The van der Waals surface area contributed by atoms with E-state index in [1.54, 1.807) is 4.90 Å². The number of ether oxygens (including phenoxy) is 2. The lowest BCUT2D eigenvalue weighted by molar-refractivity contribution is -0.140. The van der Waals surface area contributed by atoms with Crippen LogP contribution in [-0.4, -0.2) is 57.2 Å². The van der Waals surface area contributed by atoms with Gasteiger partial charge in [-0.3, -0.25) is 4.79 Å². The fourth-order valence-electron chi connectivity index (χ4n) is 4.92. The van der Waals surface area contributed by atoms with E-state index in [1.165, 1.54) is 0 Å². The van der Waals surface area contributed by atoms with Crippen molar-refractivity contribution in [1.82, 2.24) is 9.62 Å². The summed E-state index contributed by atoms with van der Waals surface area (Å²) in [6.45, 7) is 4.20. The van der Waals surface area contributed by atoms with E-state index in [0.717, 1.165) is 42.4 Å². The van der Waals surface area contributed by atoms with Crippen LogP contribution < -0.4 is 9.46 Å². The van der Waals surface area contributed by atoms with Crippen molar-refractivity contribution in [3.05, 3.63) is 41.8 Å². The minimum atomic E-state index is -3.61. The Balaban J connectivity index is 1.61. The largest absolute Gasteiger partial charge is 0.483 e. The Morgan fingerprint density at radius 3 is 2.67 bits per heavy atom. The number of fused-ring (bicyclic) bond motifs is 5. The van der Waals surface area contributed by atoms with Crippen molar-refractivity contribution in [2.45, 2.75) is 62.6 Å². The van der Waals surface area contributed by atoms with Gasteiger partial charge in [0.15, 0.2) is 6.61 Å². The Hall–Kier alpha value is -1.90. The molecule has 1 saturated heterocycles. The molecule has 1 saturated carbocycles. The van der Waals surface area contributed by atoms with Crippen molar-refractivity contribution < 1.29 is 22.7 Å². The van der Waals surface area contributed by atoms with Crippen LogP contribution in [0.25, 0.3) is 0 Å². The molecule has 1 aromatic rings. The molecule has 4 aliphatic rings. The molecule has 5 rings (SSSR count). The number of piperidine rings is 1. The number of sulfonamides is 1. The normalized spacial score (nSPS) is 30.1. The zero-order valence-electron chi connectivity index (χ0n) is 17.2. The van der Waals surface area contributed by atoms with Crippen LogP contribution in [0.2, 0.25) is 0 Å². The zero-order valence-corrected chi connectivity index (χ0v) is 18.0. The van der Waals surface area contributed by atoms with Crippen molar-refractivity contribution in [3.8, 4) is 5.75 Å². The summed E-state index contributed by atoms with van der Waals surface area (Å²) in [6, 6.07) is 7.20. The first-order chi connectivity index (χ1) is 14.5. The standard InChI is InChI=1S/C22H30N2O5S/c1-2-30(26,27)23-19-7-5-13-24-20(19)14-28-17-11-9-16(10-12-17)18-6-3-4-8-21(18)29-15-22(24)25/h2-4,6,8,16-17,19-20,23H,1,5,7,9-15H2/t16?,17?,19-,20-/m0/s1. The number of nitrogens with one attached hydrogen (secondary N) is 1. The number of para-hydroxylation sites is 1. The summed E-state index contributed by atoms with van der Waals surface area (Å²) in [5, 5.41) is 0.912. The summed E-state index contributed by atoms with van der Waals surface area (Å²) in [6.07, 6.45) is 5.42. The Labute approximate surface area is 178 Å². The van der Waals surface area contributed by atoms with E-state index >= 15 is 0 Å². The van der Waals surface area contributed by atoms with Crippen LogP contribution in [-0.2, 0) is 19.6 Å². The van der Waals surface area contributed by atoms with Gasteiger partial charge in [-0.05, 0) is 56.1 Å². The minimum Gasteiger partial charge on any atom is -0.483 e. The summed E-state index contributed by atoms with van der Waals surface area (Å²) < 4.78 is 39.1. The molecule has 0 radical (unpaired) electrons. The Bertz CT molecular complexity index is 879. The van der Waals surface area contributed by atoms with Crippen LogP contribution >= 0.6 is 0 Å². The summed E-state index contributed by atoms with van der Waals surface area (Å²) >= 11 is 0. The van der Waals surface area contributed by atoms with Crippen molar-refractivity contribution in [3.63, 3.8) is 0 Å². The van der Waals surface area contributed by atoms with Crippen LogP contribution in [0.4, 0.5) is 0 Å². The molecular formula is C22H30N2O5S. The smallest absolute Gasteiger partial charge is 0.260 e. The lowest BCUT2D eigenvalue weighted by Crippen LogP contribution is -2.59. The number of hydrogen-bond donors (Lipinski definition) is 1. The van der Waals surface area contributed by atoms with E-state index in [4.69, 9.17) is 9.47 Å². The lowest BCUT2D eigenvalue weighted by Gasteiger charge is -2.41. The lowest BCUT2D eigenvalue weighted by atomic mass is 9.82. The van der Waals surface area contributed by atoms with E-state index < -0.39 is 16.1 Å². The summed E-state index contributed by atoms with van der Waals surface area (Å²) in [5.74, 6) is 1.03. The molecule has 1 aliphatic carbocycles. The van der Waals surface area contributed by atoms with Crippen LogP contribution in [0, 0.1) is 0 Å². The zero-order chi connectivity index (χ0) is 21.1. The second-order valence-electron chi connectivity index (χ2n) is 8.37. The molecule has 3 heterocycles. The molecule has 1 N–H and O–H groups in total. The van der Waals surface area contributed by atoms with E-state index in [9.17, 15) is 13.2 Å². The van der Waals surface area contributed by atoms with E-state index in [0.29, 0.717) is 31.9 Å². The van der Waals surface area contributed by atoms with Gasteiger partial charge >= 0.3 is 0 Å². The number of nitrogens with zero attached hydrogens (tertiary/aromatic N) is 1. The molecule has 1 aromatic carbocycles. The SMILES string of the molecule is C=CS(=O)(=O)N[C@H]1CCCN2C(=O)COc3ccccc3C3CCC(CC3)OC[C@@H]12. The van der Waals surface area contributed by atoms with Crippen molar-refractivity contribution in [2.24, 2.45) is 0 Å². The fourth-order valence-corrected chi connectivity index (χ4v) is 5.71. The van der Waals surface area contributed by atoms with Gasteiger partial charge in [0.2, 0.25) is 10.0 Å². The monoisotopic (exact) mass is 434 g/mol. The van der Waals surface area contributed by atoms with Gasteiger partial charge in [0.1, 0.15) is 5.75 Å². The van der Waals surface area contributed by atoms with Crippen molar-refractivity contribution in [2.75, 3.05) is 19.8 Å². The maximum atomic E-state index is 13.1. The molecule has 0 aromatic heterocycles. The van der Waals surface area contributed by atoms with Gasteiger partial charge in [-0.2, -0.15) is 0 Å². The quantitative estimate of drug-likeness (QED) is 0.790. The summed E-state index contributed by atoms with van der Waals surface area (Å²) in [7, 11) is -3.61. The van der Waals surface area contributed by atoms with Crippen LogP contribution in [0.3, 0.4) is 0 Å². The number of rotatable bonds is 3. The van der Waals surface area contributed by atoms with Crippen molar-refractivity contribution in [1.29, 1.82) is 0 Å².